The maximum absolute atomic E-state index is 12.3. The zero-order valence-corrected chi connectivity index (χ0v) is 10.9. The summed E-state index contributed by atoms with van der Waals surface area (Å²) in [4.78, 5) is 12.3. The van der Waals surface area contributed by atoms with E-state index in [4.69, 9.17) is 0 Å². The summed E-state index contributed by atoms with van der Waals surface area (Å²) < 4.78 is 0. The molecule has 17 heavy (non-hydrogen) atoms. The molecule has 86 valence electrons. The molecule has 0 spiro atoms. The van der Waals surface area contributed by atoms with Gasteiger partial charge in [0.25, 0.3) is 0 Å². The molecule has 2 heteroatoms. The van der Waals surface area contributed by atoms with Gasteiger partial charge in [-0.1, -0.05) is 76.6 Å². The first kappa shape index (κ1) is 12.1. The third-order valence-electron chi connectivity index (χ3n) is 2.73. The van der Waals surface area contributed by atoms with Crippen LogP contribution in [0.15, 0.2) is 60.7 Å². The van der Waals surface area contributed by atoms with Crippen molar-refractivity contribution in [1.29, 1.82) is 0 Å². The summed E-state index contributed by atoms with van der Waals surface area (Å²) >= 11 is 3.43. The zero-order valence-electron chi connectivity index (χ0n) is 9.34. The average Bonchev–Trinajstić information content (AvgIpc) is 2.42. The molecule has 0 saturated heterocycles. The van der Waals surface area contributed by atoms with Crippen LogP contribution >= 0.6 is 15.9 Å². The minimum Gasteiger partial charge on any atom is -0.293 e. The van der Waals surface area contributed by atoms with E-state index in [-0.39, 0.29) is 11.7 Å². The van der Waals surface area contributed by atoms with Crippen molar-refractivity contribution in [2.24, 2.45) is 0 Å². The fraction of sp³-hybridized carbons (Fsp3) is 0.133. The molecule has 1 nitrogen and oxygen atoms in total. The molecule has 2 aromatic rings. The highest BCUT2D eigenvalue weighted by Crippen LogP contribution is 2.22. The summed E-state index contributed by atoms with van der Waals surface area (Å²) in [6.07, 6.45) is 0. The topological polar surface area (TPSA) is 17.1 Å². The van der Waals surface area contributed by atoms with E-state index in [9.17, 15) is 4.79 Å². The van der Waals surface area contributed by atoms with Gasteiger partial charge in [0.1, 0.15) is 0 Å². The van der Waals surface area contributed by atoms with Gasteiger partial charge in [0.2, 0.25) is 0 Å². The van der Waals surface area contributed by atoms with Crippen LogP contribution in [-0.2, 0) is 0 Å². The first-order valence-electron chi connectivity index (χ1n) is 5.53. The Bertz CT molecular complexity index is 479. The first-order valence-corrected chi connectivity index (χ1v) is 6.65. The standard InChI is InChI=1S/C15H13BrO/c16-11-14(12-7-3-1-4-8-12)15(17)13-9-5-2-6-10-13/h1-10,14H,11H2. The molecule has 0 N–H and O–H groups in total. The lowest BCUT2D eigenvalue weighted by Gasteiger charge is -2.13. The Morgan fingerprint density at radius 2 is 1.47 bits per heavy atom. The predicted molar refractivity (Wildman–Crippen MR) is 73.7 cm³/mol. The Balaban J connectivity index is 2.29. The number of rotatable bonds is 4. The van der Waals surface area contributed by atoms with Crippen molar-refractivity contribution >= 4 is 21.7 Å². The minimum absolute atomic E-state index is 0.112. The molecule has 0 saturated carbocycles. The van der Waals surface area contributed by atoms with Crippen molar-refractivity contribution in [3.8, 4) is 0 Å². The first-order chi connectivity index (χ1) is 8.33. The number of carbonyl (C=O) groups is 1. The largest absolute Gasteiger partial charge is 0.293 e. The quantitative estimate of drug-likeness (QED) is 0.613. The molecule has 0 aliphatic carbocycles. The number of carbonyl (C=O) groups excluding carboxylic acids is 1. The number of ketones is 1. The van der Waals surface area contributed by atoms with Gasteiger partial charge in [-0.2, -0.15) is 0 Å². The summed E-state index contributed by atoms with van der Waals surface area (Å²) in [5.74, 6) is 0.0484. The Morgan fingerprint density at radius 3 is 2.00 bits per heavy atom. The third kappa shape index (κ3) is 2.83. The summed E-state index contributed by atoms with van der Waals surface area (Å²) in [5.41, 5.74) is 1.82. The smallest absolute Gasteiger partial charge is 0.171 e. The maximum Gasteiger partial charge on any atom is 0.171 e. The Hall–Kier alpha value is -1.41. The normalized spacial score (nSPS) is 12.1. The molecule has 0 bridgehead atoms. The van der Waals surface area contributed by atoms with E-state index in [0.717, 1.165) is 11.1 Å². The van der Waals surface area contributed by atoms with Crippen molar-refractivity contribution < 1.29 is 4.79 Å². The third-order valence-corrected chi connectivity index (χ3v) is 3.38. The van der Waals surface area contributed by atoms with E-state index in [1.807, 2.05) is 60.7 Å². The van der Waals surface area contributed by atoms with Gasteiger partial charge in [-0.15, -0.1) is 0 Å². The second-order valence-corrected chi connectivity index (χ2v) is 4.50. The highest BCUT2D eigenvalue weighted by molar-refractivity contribution is 9.09. The van der Waals surface area contributed by atoms with Crippen LogP contribution in [-0.4, -0.2) is 11.1 Å². The van der Waals surface area contributed by atoms with E-state index in [1.165, 1.54) is 0 Å². The maximum atomic E-state index is 12.3. The van der Waals surface area contributed by atoms with Gasteiger partial charge in [-0.25, -0.2) is 0 Å². The Morgan fingerprint density at radius 1 is 0.941 bits per heavy atom. The van der Waals surface area contributed by atoms with Crippen LogP contribution < -0.4 is 0 Å². The van der Waals surface area contributed by atoms with Crippen molar-refractivity contribution in [3.05, 3.63) is 71.8 Å². The summed E-state index contributed by atoms with van der Waals surface area (Å²) in [6, 6.07) is 19.3. The SMILES string of the molecule is O=C(c1ccccc1)C(CBr)c1ccccc1. The molecule has 2 rings (SSSR count). The van der Waals surface area contributed by atoms with Crippen LogP contribution in [0.1, 0.15) is 21.8 Å². The van der Waals surface area contributed by atoms with Crippen LogP contribution in [0, 0.1) is 0 Å². The van der Waals surface area contributed by atoms with Crippen LogP contribution in [0.2, 0.25) is 0 Å². The lowest BCUT2D eigenvalue weighted by atomic mass is 9.92. The van der Waals surface area contributed by atoms with Crippen LogP contribution in [0.25, 0.3) is 0 Å². The van der Waals surface area contributed by atoms with Gasteiger partial charge < -0.3 is 0 Å². The highest BCUT2D eigenvalue weighted by Gasteiger charge is 2.20. The second-order valence-electron chi connectivity index (χ2n) is 3.85. The van der Waals surface area contributed by atoms with E-state index in [1.54, 1.807) is 0 Å². The predicted octanol–water partition coefficient (Wildman–Crippen LogP) is 4.05. The van der Waals surface area contributed by atoms with Crippen molar-refractivity contribution in [2.45, 2.75) is 5.92 Å². The van der Waals surface area contributed by atoms with Gasteiger partial charge in [-0.3, -0.25) is 4.79 Å². The number of hydrogen-bond acceptors (Lipinski definition) is 1. The monoisotopic (exact) mass is 288 g/mol. The lowest BCUT2D eigenvalue weighted by molar-refractivity contribution is 0.0968. The molecule has 1 atom stereocenters. The molecule has 0 fully saturated rings. The van der Waals surface area contributed by atoms with E-state index >= 15 is 0 Å². The molecule has 2 aromatic carbocycles. The Kier molecular flexibility index (Phi) is 4.10. The minimum atomic E-state index is -0.112. The van der Waals surface area contributed by atoms with Gasteiger partial charge in [0.15, 0.2) is 5.78 Å². The highest BCUT2D eigenvalue weighted by atomic mass is 79.9. The number of benzene rings is 2. The van der Waals surface area contributed by atoms with Crippen molar-refractivity contribution in [3.63, 3.8) is 0 Å². The van der Waals surface area contributed by atoms with Gasteiger partial charge in [0, 0.05) is 10.9 Å². The van der Waals surface area contributed by atoms with Crippen LogP contribution in [0.4, 0.5) is 0 Å². The van der Waals surface area contributed by atoms with E-state index < -0.39 is 0 Å². The van der Waals surface area contributed by atoms with Crippen molar-refractivity contribution in [1.82, 2.24) is 0 Å². The van der Waals surface area contributed by atoms with E-state index in [2.05, 4.69) is 15.9 Å². The lowest BCUT2D eigenvalue weighted by Crippen LogP contribution is -2.14. The van der Waals surface area contributed by atoms with Gasteiger partial charge in [-0.05, 0) is 5.56 Å². The summed E-state index contributed by atoms with van der Waals surface area (Å²) in [6.45, 7) is 0. The molecule has 0 amide bonds. The molecule has 1 unspecified atom stereocenters. The number of hydrogen-bond donors (Lipinski definition) is 0. The molecule has 0 aromatic heterocycles. The average molecular weight is 289 g/mol. The fourth-order valence-corrected chi connectivity index (χ4v) is 2.47. The number of alkyl halides is 1. The molecular formula is C15H13BrO. The zero-order chi connectivity index (χ0) is 12.1. The van der Waals surface area contributed by atoms with Gasteiger partial charge >= 0.3 is 0 Å². The van der Waals surface area contributed by atoms with Crippen molar-refractivity contribution in [2.75, 3.05) is 5.33 Å². The molecule has 0 radical (unpaired) electrons. The number of Topliss-reactive ketones (excluding diaryl/α,β-unsaturated/α-hetero) is 1. The Labute approximate surface area is 110 Å². The van der Waals surface area contributed by atoms with Crippen LogP contribution in [0.5, 0.6) is 0 Å². The summed E-state index contributed by atoms with van der Waals surface area (Å²) in [5, 5.41) is 0.644. The number of halogens is 1. The molecular weight excluding hydrogens is 276 g/mol. The van der Waals surface area contributed by atoms with E-state index in [0.29, 0.717) is 5.33 Å². The second kappa shape index (κ2) is 5.78. The molecule has 0 aliphatic rings. The molecule has 0 heterocycles. The van der Waals surface area contributed by atoms with Crippen LogP contribution in [0.3, 0.4) is 0 Å². The molecule has 0 aliphatic heterocycles. The van der Waals surface area contributed by atoms with Gasteiger partial charge in [0.05, 0.1) is 5.92 Å². The fourth-order valence-electron chi connectivity index (χ4n) is 1.80. The summed E-state index contributed by atoms with van der Waals surface area (Å²) in [7, 11) is 0.